The van der Waals surface area contributed by atoms with E-state index < -0.39 is 12.1 Å². The van der Waals surface area contributed by atoms with E-state index in [4.69, 9.17) is 9.90 Å². The van der Waals surface area contributed by atoms with Gasteiger partial charge in [0, 0.05) is 18.3 Å². The van der Waals surface area contributed by atoms with E-state index in [2.05, 4.69) is 45.9 Å². The molecule has 4 rings (SSSR count). The third kappa shape index (κ3) is 6.26. The summed E-state index contributed by atoms with van der Waals surface area (Å²) in [4.78, 5) is 26.3. The number of carboxylic acids is 1. The monoisotopic (exact) mass is 480 g/mol. The molecule has 3 aromatic rings. The van der Waals surface area contributed by atoms with Crippen LogP contribution in [0.15, 0.2) is 42.5 Å². The van der Waals surface area contributed by atoms with Crippen molar-refractivity contribution in [2.75, 3.05) is 25.5 Å². The molecule has 1 unspecified atom stereocenters. The highest BCUT2D eigenvalue weighted by atomic mass is 32.1. The van der Waals surface area contributed by atoms with Crippen LogP contribution in [0.3, 0.4) is 0 Å². The Balaban J connectivity index is 0.000000383. The molecule has 2 aromatic carbocycles. The number of para-hydroxylation sites is 1. The topological polar surface area (TPSA) is 86.6 Å². The number of rotatable bonds is 3. The zero-order chi connectivity index (χ0) is 24.2. The van der Waals surface area contributed by atoms with Gasteiger partial charge < -0.3 is 14.9 Å². The number of fused-ring (bicyclic) bond motifs is 2. The summed E-state index contributed by atoms with van der Waals surface area (Å²) in [6.45, 7) is 0.726. The normalized spacial score (nSPS) is 16.1. The Morgan fingerprint density at radius 3 is 2.48 bits per heavy atom. The van der Waals surface area contributed by atoms with Crippen LogP contribution < -0.4 is 4.90 Å². The maximum absolute atomic E-state index is 13.2. The molecule has 1 aliphatic heterocycles. The molecular weight excluding hydrogens is 457 g/mol. The van der Waals surface area contributed by atoms with Crippen LogP contribution in [0, 0.1) is 0 Å². The van der Waals surface area contributed by atoms with Gasteiger partial charge >= 0.3 is 12.1 Å². The van der Waals surface area contributed by atoms with Crippen molar-refractivity contribution in [1.82, 2.24) is 13.6 Å². The molecule has 176 valence electrons. The minimum absolute atomic E-state index is 0.133. The predicted molar refractivity (Wildman–Crippen MR) is 119 cm³/mol. The number of likely N-dealkylation sites (N-methyl/N-ethyl adjacent to an activating group) is 1. The zero-order valence-electron chi connectivity index (χ0n) is 18.0. The highest BCUT2D eigenvalue weighted by molar-refractivity contribution is 7.00. The average molecular weight is 481 g/mol. The summed E-state index contributed by atoms with van der Waals surface area (Å²) in [7, 11) is 4.18. The second-order valence-electron chi connectivity index (χ2n) is 7.86. The van der Waals surface area contributed by atoms with Gasteiger partial charge in [0.1, 0.15) is 11.0 Å². The molecule has 1 N–H and O–H groups in total. The fourth-order valence-electron chi connectivity index (χ4n) is 3.57. The van der Waals surface area contributed by atoms with E-state index in [0.29, 0.717) is 12.5 Å². The lowest BCUT2D eigenvalue weighted by Gasteiger charge is -2.29. The number of carbonyl (C=O) groups is 2. The predicted octanol–water partition coefficient (Wildman–Crippen LogP) is 3.78. The first kappa shape index (κ1) is 24.6. The van der Waals surface area contributed by atoms with Crippen molar-refractivity contribution in [3.05, 3.63) is 53.6 Å². The Hall–Kier alpha value is -3.05. The minimum Gasteiger partial charge on any atom is -0.475 e. The van der Waals surface area contributed by atoms with Crippen LogP contribution in [0.2, 0.25) is 0 Å². The first-order valence-corrected chi connectivity index (χ1v) is 10.9. The van der Waals surface area contributed by atoms with Crippen LogP contribution >= 0.6 is 11.7 Å². The Bertz CT molecular complexity index is 1130. The fourth-order valence-corrected chi connectivity index (χ4v) is 4.09. The van der Waals surface area contributed by atoms with Gasteiger partial charge in [0.15, 0.2) is 0 Å². The highest BCUT2D eigenvalue weighted by Gasteiger charge is 2.38. The standard InChI is InChI=1S/C20H22N4OS.C2HF3O2/c1-23(2)16-9-8-15-5-3-4-6-19(15)24(13-16)20(25)12-14-7-10-17-18(11-14)22-26-21-17;3-2(4,5)1(6)7/h3-7,10-11,16H,8-9,12-13H2,1-2H3;(H,6,7). The number of carbonyl (C=O) groups excluding carboxylic acids is 1. The summed E-state index contributed by atoms with van der Waals surface area (Å²) in [5.41, 5.74) is 5.04. The van der Waals surface area contributed by atoms with Crippen LogP contribution in [0.25, 0.3) is 11.0 Å². The highest BCUT2D eigenvalue weighted by Crippen LogP contribution is 2.28. The Labute approximate surface area is 192 Å². The van der Waals surface area contributed by atoms with Crippen LogP contribution in [0.1, 0.15) is 17.5 Å². The lowest BCUT2D eigenvalue weighted by atomic mass is 10.1. The third-order valence-electron chi connectivity index (χ3n) is 5.37. The Kier molecular flexibility index (Phi) is 7.65. The molecule has 0 radical (unpaired) electrons. The number of aliphatic carboxylic acids is 1. The third-order valence-corrected chi connectivity index (χ3v) is 5.93. The summed E-state index contributed by atoms with van der Waals surface area (Å²) in [5, 5.41) is 7.12. The number of aryl methyl sites for hydroxylation is 1. The van der Waals surface area contributed by atoms with Crippen molar-refractivity contribution in [2.45, 2.75) is 31.5 Å². The smallest absolute Gasteiger partial charge is 0.475 e. The first-order chi connectivity index (χ1) is 15.6. The zero-order valence-corrected chi connectivity index (χ0v) is 18.9. The van der Waals surface area contributed by atoms with Crippen LogP contribution in [-0.4, -0.2) is 63.5 Å². The summed E-state index contributed by atoms with van der Waals surface area (Å²) in [6, 6.07) is 14.5. The molecule has 0 bridgehead atoms. The van der Waals surface area contributed by atoms with Crippen molar-refractivity contribution < 1.29 is 27.9 Å². The lowest BCUT2D eigenvalue weighted by molar-refractivity contribution is -0.192. The van der Waals surface area contributed by atoms with E-state index in [1.54, 1.807) is 0 Å². The molecular formula is C22H23F3N4O3S. The van der Waals surface area contributed by atoms with Gasteiger partial charge in [-0.1, -0.05) is 24.3 Å². The second kappa shape index (κ2) is 10.3. The van der Waals surface area contributed by atoms with Crippen molar-refractivity contribution in [3.8, 4) is 0 Å². The van der Waals surface area contributed by atoms with E-state index in [9.17, 15) is 18.0 Å². The van der Waals surface area contributed by atoms with Gasteiger partial charge in [-0.15, -0.1) is 0 Å². The molecule has 7 nitrogen and oxygen atoms in total. The quantitative estimate of drug-likeness (QED) is 0.614. The van der Waals surface area contributed by atoms with Crippen LogP contribution in [0.5, 0.6) is 0 Å². The van der Waals surface area contributed by atoms with Crippen molar-refractivity contribution >= 4 is 40.3 Å². The molecule has 1 amide bonds. The number of aromatic nitrogens is 2. The van der Waals surface area contributed by atoms with Crippen molar-refractivity contribution in [1.29, 1.82) is 0 Å². The first-order valence-electron chi connectivity index (χ1n) is 10.1. The Morgan fingerprint density at radius 2 is 1.82 bits per heavy atom. The van der Waals surface area contributed by atoms with Gasteiger partial charge in [0.2, 0.25) is 5.91 Å². The number of benzene rings is 2. The van der Waals surface area contributed by atoms with E-state index in [1.165, 1.54) is 17.3 Å². The number of carboxylic acid groups (broad SMARTS) is 1. The van der Waals surface area contributed by atoms with Crippen LogP contribution in [0.4, 0.5) is 18.9 Å². The Morgan fingerprint density at radius 1 is 1.15 bits per heavy atom. The number of amides is 1. The van der Waals surface area contributed by atoms with Crippen LogP contribution in [-0.2, 0) is 22.4 Å². The van der Waals surface area contributed by atoms with Crippen molar-refractivity contribution in [2.24, 2.45) is 0 Å². The summed E-state index contributed by atoms with van der Waals surface area (Å²) in [5.74, 6) is -2.62. The molecule has 1 aliphatic rings. The summed E-state index contributed by atoms with van der Waals surface area (Å²) in [6.07, 6.45) is -2.65. The fraction of sp³-hybridized carbons (Fsp3) is 0.364. The number of nitrogens with zero attached hydrogens (tertiary/aromatic N) is 4. The van der Waals surface area contributed by atoms with Gasteiger partial charge in [0.05, 0.1) is 18.1 Å². The largest absolute Gasteiger partial charge is 0.490 e. The van der Waals surface area contributed by atoms with Gasteiger partial charge in [-0.2, -0.15) is 21.9 Å². The number of hydrogen-bond donors (Lipinski definition) is 1. The molecule has 11 heteroatoms. The molecule has 0 fully saturated rings. The number of anilines is 1. The maximum atomic E-state index is 13.2. The molecule has 1 aromatic heterocycles. The second-order valence-corrected chi connectivity index (χ2v) is 8.38. The molecule has 33 heavy (non-hydrogen) atoms. The van der Waals surface area contributed by atoms with E-state index in [1.807, 2.05) is 29.2 Å². The summed E-state index contributed by atoms with van der Waals surface area (Å²) < 4.78 is 40.3. The maximum Gasteiger partial charge on any atom is 0.490 e. The lowest BCUT2D eigenvalue weighted by Crippen LogP contribution is -2.43. The van der Waals surface area contributed by atoms with E-state index in [-0.39, 0.29) is 5.91 Å². The van der Waals surface area contributed by atoms with E-state index in [0.717, 1.165) is 41.7 Å². The van der Waals surface area contributed by atoms with Gasteiger partial charge in [0.25, 0.3) is 0 Å². The van der Waals surface area contributed by atoms with Gasteiger partial charge in [-0.3, -0.25) is 4.79 Å². The number of hydrogen-bond acceptors (Lipinski definition) is 6. The SMILES string of the molecule is CN(C)C1CCc2ccccc2N(C(=O)Cc2ccc3nsnc3c2)C1.O=C(O)C(F)(F)F. The average Bonchev–Trinajstić information content (AvgIpc) is 3.12. The molecule has 0 saturated carbocycles. The summed E-state index contributed by atoms with van der Waals surface area (Å²) >= 11 is 1.20. The van der Waals surface area contributed by atoms with Crippen molar-refractivity contribution in [3.63, 3.8) is 0 Å². The molecule has 1 atom stereocenters. The molecule has 0 saturated heterocycles. The minimum atomic E-state index is -5.08. The van der Waals surface area contributed by atoms with Gasteiger partial charge in [-0.25, -0.2) is 4.79 Å². The number of halogens is 3. The number of alkyl halides is 3. The molecule has 0 aliphatic carbocycles. The molecule has 2 heterocycles. The molecule has 0 spiro atoms. The van der Waals surface area contributed by atoms with Gasteiger partial charge in [-0.05, 0) is 56.3 Å². The van der Waals surface area contributed by atoms with E-state index >= 15 is 0 Å².